The van der Waals surface area contributed by atoms with E-state index >= 15 is 0 Å². The molecule has 0 spiro atoms. The molecule has 0 unspecified atom stereocenters. The van der Waals surface area contributed by atoms with Crippen molar-refractivity contribution in [2.45, 2.75) is 89.9 Å². The highest BCUT2D eigenvalue weighted by Gasteiger charge is 2.24. The van der Waals surface area contributed by atoms with Crippen LogP contribution in [0.3, 0.4) is 0 Å². The summed E-state index contributed by atoms with van der Waals surface area (Å²) >= 11 is 5.10. The Morgan fingerprint density at radius 3 is 2.57 bits per heavy atom. The zero-order chi connectivity index (χ0) is 26.4. The Balaban J connectivity index is 1.48. The monoisotopic (exact) mass is 584 g/mol. The molecule has 198 valence electrons. The van der Waals surface area contributed by atoms with Crippen molar-refractivity contribution in [2.75, 3.05) is 11.1 Å². The van der Waals surface area contributed by atoms with Crippen molar-refractivity contribution in [3.8, 4) is 5.75 Å². The summed E-state index contributed by atoms with van der Waals surface area (Å²) in [6.07, 6.45) is 6.84. The third kappa shape index (κ3) is 7.17. The predicted molar refractivity (Wildman–Crippen MR) is 155 cm³/mol. The van der Waals surface area contributed by atoms with E-state index in [0.29, 0.717) is 18.6 Å². The molecule has 1 N–H and O–H groups in total. The number of thioether (sulfide) groups is 1. The molecule has 0 atom stereocenters. The fraction of sp³-hybridized carbons (Fsp3) is 0.483. The predicted octanol–water partition coefficient (Wildman–Crippen LogP) is 7.85. The second kappa shape index (κ2) is 13.0. The lowest BCUT2D eigenvalue weighted by molar-refractivity contribution is -0.113. The maximum absolute atomic E-state index is 12.7. The van der Waals surface area contributed by atoms with Crippen molar-refractivity contribution in [1.82, 2.24) is 14.8 Å². The lowest BCUT2D eigenvalue weighted by Gasteiger charge is -2.25. The van der Waals surface area contributed by atoms with E-state index in [9.17, 15) is 4.79 Å². The zero-order valence-corrected chi connectivity index (χ0v) is 24.6. The van der Waals surface area contributed by atoms with Crippen LogP contribution < -0.4 is 10.1 Å². The number of rotatable bonds is 10. The Morgan fingerprint density at radius 2 is 1.89 bits per heavy atom. The molecule has 1 fully saturated rings. The van der Waals surface area contributed by atoms with E-state index in [2.05, 4.69) is 75.8 Å². The first-order valence-electron chi connectivity index (χ1n) is 13.2. The maximum atomic E-state index is 12.7. The fourth-order valence-electron chi connectivity index (χ4n) is 4.75. The second-order valence-corrected chi connectivity index (χ2v) is 11.8. The van der Waals surface area contributed by atoms with Crippen LogP contribution in [0.4, 0.5) is 5.69 Å². The van der Waals surface area contributed by atoms with Crippen molar-refractivity contribution >= 4 is 39.3 Å². The van der Waals surface area contributed by atoms with Crippen LogP contribution in [0.15, 0.2) is 46.0 Å². The highest BCUT2D eigenvalue weighted by Crippen LogP contribution is 2.35. The molecule has 2 aromatic carbocycles. The Hall–Kier alpha value is -2.32. The van der Waals surface area contributed by atoms with Crippen LogP contribution in [0.5, 0.6) is 5.75 Å². The summed E-state index contributed by atoms with van der Waals surface area (Å²) in [6, 6.07) is 12.6. The topological polar surface area (TPSA) is 69.0 Å². The normalized spacial score (nSPS) is 14.2. The number of anilines is 1. The van der Waals surface area contributed by atoms with Gasteiger partial charge in [0.05, 0.1) is 5.75 Å². The van der Waals surface area contributed by atoms with Gasteiger partial charge in [-0.15, -0.1) is 10.2 Å². The summed E-state index contributed by atoms with van der Waals surface area (Å²) < 4.78 is 9.68. The molecule has 0 radical (unpaired) electrons. The molecule has 1 aromatic heterocycles. The minimum absolute atomic E-state index is 0.0443. The van der Waals surface area contributed by atoms with E-state index < -0.39 is 0 Å². The standard InChI is InChI=1S/C29H37BrN4O2S/c1-5-21-11-13-22(14-12-21)31-28(35)18-37-29-33-32-27(34(29)23-9-7-6-8-10-23)17-36-26-15-20(4)25(30)16-24(26)19(2)3/h11-16,19,23H,5-10,17-18H2,1-4H3,(H,31,35). The van der Waals surface area contributed by atoms with Crippen LogP contribution in [0.25, 0.3) is 0 Å². The number of carbonyl (C=O) groups is 1. The molecule has 1 aliphatic rings. The SMILES string of the molecule is CCc1ccc(NC(=O)CSc2nnc(COc3cc(C)c(Br)cc3C(C)C)n2C2CCCCC2)cc1. The largest absolute Gasteiger partial charge is 0.485 e. The van der Waals surface area contributed by atoms with Crippen LogP contribution >= 0.6 is 27.7 Å². The summed E-state index contributed by atoms with van der Waals surface area (Å²) in [5, 5.41) is 12.8. The van der Waals surface area contributed by atoms with Gasteiger partial charge in [-0.1, -0.05) is 79.9 Å². The van der Waals surface area contributed by atoms with Crippen LogP contribution in [0.1, 0.15) is 87.3 Å². The molecule has 0 bridgehead atoms. The number of hydrogen-bond acceptors (Lipinski definition) is 5. The van der Waals surface area contributed by atoms with E-state index in [-0.39, 0.29) is 11.7 Å². The number of aryl methyl sites for hydroxylation is 2. The van der Waals surface area contributed by atoms with Crippen molar-refractivity contribution in [2.24, 2.45) is 0 Å². The Morgan fingerprint density at radius 1 is 1.16 bits per heavy atom. The number of aromatic nitrogens is 3. The molecule has 1 heterocycles. The zero-order valence-electron chi connectivity index (χ0n) is 22.2. The van der Waals surface area contributed by atoms with Gasteiger partial charge < -0.3 is 10.1 Å². The van der Waals surface area contributed by atoms with E-state index in [0.717, 1.165) is 51.7 Å². The van der Waals surface area contributed by atoms with Gasteiger partial charge >= 0.3 is 0 Å². The van der Waals surface area contributed by atoms with Crippen LogP contribution in [0, 0.1) is 6.92 Å². The third-order valence-corrected chi connectivity index (χ3v) is 8.72. The molecule has 6 nitrogen and oxygen atoms in total. The molecule has 8 heteroatoms. The molecule has 37 heavy (non-hydrogen) atoms. The van der Waals surface area contributed by atoms with Gasteiger partial charge in [-0.2, -0.15) is 0 Å². The number of carbonyl (C=O) groups excluding carboxylic acids is 1. The Bertz CT molecular complexity index is 1200. The summed E-state index contributed by atoms with van der Waals surface area (Å²) in [5.74, 6) is 2.28. The van der Waals surface area contributed by atoms with Gasteiger partial charge in [0.25, 0.3) is 0 Å². The first-order valence-corrected chi connectivity index (χ1v) is 15.0. The summed E-state index contributed by atoms with van der Waals surface area (Å²) in [7, 11) is 0. The molecule has 1 saturated carbocycles. The van der Waals surface area contributed by atoms with Gasteiger partial charge in [-0.05, 0) is 73.1 Å². The van der Waals surface area contributed by atoms with Gasteiger partial charge in [0.1, 0.15) is 12.4 Å². The lowest BCUT2D eigenvalue weighted by Crippen LogP contribution is -2.19. The number of hydrogen-bond donors (Lipinski definition) is 1. The van der Waals surface area contributed by atoms with E-state index in [4.69, 9.17) is 4.74 Å². The fourth-order valence-corrected chi connectivity index (χ4v) is 5.94. The Labute approximate surface area is 233 Å². The number of amides is 1. The van der Waals surface area contributed by atoms with Crippen molar-refractivity contribution in [3.63, 3.8) is 0 Å². The Kier molecular flexibility index (Phi) is 9.71. The summed E-state index contributed by atoms with van der Waals surface area (Å²) in [4.78, 5) is 12.7. The third-order valence-electron chi connectivity index (χ3n) is 6.92. The van der Waals surface area contributed by atoms with Crippen molar-refractivity contribution in [3.05, 3.63) is 63.4 Å². The average molecular weight is 586 g/mol. The van der Waals surface area contributed by atoms with Gasteiger partial charge in [0.2, 0.25) is 5.91 Å². The number of ether oxygens (including phenoxy) is 1. The smallest absolute Gasteiger partial charge is 0.234 e. The minimum atomic E-state index is -0.0443. The van der Waals surface area contributed by atoms with Gasteiger partial charge in [-0.3, -0.25) is 9.36 Å². The highest BCUT2D eigenvalue weighted by molar-refractivity contribution is 9.10. The summed E-state index contributed by atoms with van der Waals surface area (Å²) in [6.45, 7) is 8.89. The number of nitrogens with one attached hydrogen (secondary N) is 1. The van der Waals surface area contributed by atoms with Gasteiger partial charge in [-0.25, -0.2) is 0 Å². The average Bonchev–Trinajstić information content (AvgIpc) is 3.31. The van der Waals surface area contributed by atoms with E-state index in [1.165, 1.54) is 42.2 Å². The highest BCUT2D eigenvalue weighted by atomic mass is 79.9. The minimum Gasteiger partial charge on any atom is -0.485 e. The maximum Gasteiger partial charge on any atom is 0.234 e. The first-order chi connectivity index (χ1) is 17.9. The van der Waals surface area contributed by atoms with E-state index in [1.54, 1.807) is 0 Å². The van der Waals surface area contributed by atoms with Crippen LogP contribution in [-0.4, -0.2) is 26.4 Å². The molecule has 3 aromatic rings. The van der Waals surface area contributed by atoms with Crippen molar-refractivity contribution in [1.29, 1.82) is 0 Å². The molecule has 0 saturated heterocycles. The quantitative estimate of drug-likeness (QED) is 0.246. The molecular weight excluding hydrogens is 548 g/mol. The number of nitrogens with zero attached hydrogens (tertiary/aromatic N) is 3. The van der Waals surface area contributed by atoms with Gasteiger partial charge in [0, 0.05) is 16.2 Å². The molecule has 4 rings (SSSR count). The second-order valence-electron chi connectivity index (χ2n) is 10.0. The van der Waals surface area contributed by atoms with Crippen molar-refractivity contribution < 1.29 is 9.53 Å². The van der Waals surface area contributed by atoms with Crippen LogP contribution in [0.2, 0.25) is 0 Å². The molecule has 0 aliphatic heterocycles. The number of benzene rings is 2. The molecule has 1 amide bonds. The first kappa shape index (κ1) is 27.7. The molecule has 1 aliphatic carbocycles. The van der Waals surface area contributed by atoms with E-state index in [1.807, 2.05) is 24.3 Å². The number of halogens is 1. The lowest BCUT2D eigenvalue weighted by atomic mass is 9.95. The summed E-state index contributed by atoms with van der Waals surface area (Å²) in [5.41, 5.74) is 4.37. The van der Waals surface area contributed by atoms with Crippen LogP contribution in [-0.2, 0) is 17.8 Å². The van der Waals surface area contributed by atoms with Gasteiger partial charge in [0.15, 0.2) is 11.0 Å². The molecular formula is C29H37BrN4O2S.